The fourth-order valence-corrected chi connectivity index (χ4v) is 3.64. The minimum Gasteiger partial charge on any atom is -0.368 e. The number of aryl methyl sites for hydroxylation is 1. The molecule has 4 heterocycles. The number of aromatic amines is 1. The highest BCUT2D eigenvalue weighted by Gasteiger charge is 2.21. The van der Waals surface area contributed by atoms with Crippen molar-refractivity contribution in [3.8, 4) is 0 Å². The molecule has 5 rings (SSSR count). The maximum absolute atomic E-state index is 4.53. The number of aromatic nitrogens is 5. The van der Waals surface area contributed by atoms with E-state index < -0.39 is 0 Å². The Bertz CT molecular complexity index is 1080. The van der Waals surface area contributed by atoms with Gasteiger partial charge in [0.25, 0.3) is 0 Å². The van der Waals surface area contributed by atoms with E-state index in [2.05, 4.69) is 59.0 Å². The fourth-order valence-electron chi connectivity index (χ4n) is 3.64. The lowest BCUT2D eigenvalue weighted by atomic mass is 10.2. The largest absolute Gasteiger partial charge is 0.368 e. The quantitative estimate of drug-likeness (QED) is 0.602. The molecule has 0 aliphatic carbocycles. The number of nitrogens with zero attached hydrogens (tertiary/aromatic N) is 6. The van der Waals surface area contributed by atoms with Crippen molar-refractivity contribution in [1.82, 2.24) is 24.9 Å². The van der Waals surface area contributed by atoms with Crippen molar-refractivity contribution in [2.45, 2.75) is 6.92 Å². The summed E-state index contributed by atoms with van der Waals surface area (Å²) < 4.78 is 0. The Morgan fingerprint density at radius 2 is 1.69 bits per heavy atom. The SMILES string of the molecule is Cc1cc2ncnc(N3CCN(c4ccc5ncncc5c4)CC3)c2[nH]1. The van der Waals surface area contributed by atoms with Gasteiger partial charge in [-0.25, -0.2) is 19.9 Å². The number of hydrogen-bond donors (Lipinski definition) is 1. The number of anilines is 2. The molecular weight excluding hydrogens is 326 g/mol. The van der Waals surface area contributed by atoms with E-state index in [0.29, 0.717) is 0 Å². The molecule has 0 amide bonds. The molecule has 1 aromatic carbocycles. The van der Waals surface area contributed by atoms with Gasteiger partial charge in [-0.2, -0.15) is 0 Å². The van der Waals surface area contributed by atoms with Crippen LogP contribution in [0.25, 0.3) is 21.9 Å². The third-order valence-electron chi connectivity index (χ3n) is 4.96. The number of piperazine rings is 1. The zero-order chi connectivity index (χ0) is 17.5. The zero-order valence-electron chi connectivity index (χ0n) is 14.6. The Morgan fingerprint density at radius 3 is 2.58 bits per heavy atom. The standard InChI is InChI=1S/C19H19N7/c1-13-8-17-18(24-13)19(23-12-22-17)26-6-4-25(5-7-26)15-2-3-16-14(9-15)10-20-11-21-16/h2-3,8-12,24H,4-7H2,1H3. The van der Waals surface area contributed by atoms with Crippen LogP contribution in [0.5, 0.6) is 0 Å². The van der Waals surface area contributed by atoms with E-state index in [9.17, 15) is 0 Å². The third kappa shape index (κ3) is 2.52. The van der Waals surface area contributed by atoms with Gasteiger partial charge in [-0.05, 0) is 31.2 Å². The summed E-state index contributed by atoms with van der Waals surface area (Å²) in [5.74, 6) is 0.995. The minimum absolute atomic E-state index is 0.924. The molecule has 0 spiro atoms. The van der Waals surface area contributed by atoms with Crippen LogP contribution in [0, 0.1) is 6.92 Å². The van der Waals surface area contributed by atoms with E-state index >= 15 is 0 Å². The van der Waals surface area contributed by atoms with Crippen LogP contribution >= 0.6 is 0 Å². The molecule has 1 saturated heterocycles. The number of benzene rings is 1. The monoisotopic (exact) mass is 345 g/mol. The van der Waals surface area contributed by atoms with Gasteiger partial charge in [-0.15, -0.1) is 0 Å². The van der Waals surface area contributed by atoms with Crippen LogP contribution in [0.4, 0.5) is 11.5 Å². The normalized spacial score (nSPS) is 15.1. The Balaban J connectivity index is 1.38. The zero-order valence-corrected chi connectivity index (χ0v) is 14.6. The Kier molecular flexibility index (Phi) is 3.44. The smallest absolute Gasteiger partial charge is 0.156 e. The summed E-state index contributed by atoms with van der Waals surface area (Å²) in [4.78, 5) is 25.4. The molecule has 0 atom stereocenters. The van der Waals surface area contributed by atoms with E-state index in [1.54, 1.807) is 12.7 Å². The number of hydrogen-bond acceptors (Lipinski definition) is 6. The van der Waals surface area contributed by atoms with Crippen molar-refractivity contribution in [3.05, 3.63) is 48.8 Å². The van der Waals surface area contributed by atoms with Crippen LogP contribution < -0.4 is 9.80 Å². The molecule has 0 bridgehead atoms. The summed E-state index contributed by atoms with van der Waals surface area (Å²) in [6.45, 7) is 5.79. The topological polar surface area (TPSA) is 73.8 Å². The summed E-state index contributed by atoms with van der Waals surface area (Å²) in [5, 5.41) is 1.08. The van der Waals surface area contributed by atoms with Crippen molar-refractivity contribution in [2.24, 2.45) is 0 Å². The highest BCUT2D eigenvalue weighted by molar-refractivity contribution is 5.87. The Hall–Kier alpha value is -3.22. The fraction of sp³-hybridized carbons (Fsp3) is 0.263. The van der Waals surface area contributed by atoms with E-state index in [4.69, 9.17) is 0 Å². The first-order valence-electron chi connectivity index (χ1n) is 8.78. The molecular formula is C19H19N7. The molecule has 1 aliphatic rings. The van der Waals surface area contributed by atoms with Gasteiger partial charge in [0.15, 0.2) is 5.82 Å². The van der Waals surface area contributed by atoms with Gasteiger partial charge >= 0.3 is 0 Å². The molecule has 3 aromatic heterocycles. The molecule has 130 valence electrons. The van der Waals surface area contributed by atoms with E-state index in [-0.39, 0.29) is 0 Å². The van der Waals surface area contributed by atoms with Crippen LogP contribution in [-0.4, -0.2) is 51.1 Å². The predicted molar refractivity (Wildman–Crippen MR) is 103 cm³/mol. The molecule has 4 aromatic rings. The van der Waals surface area contributed by atoms with Crippen molar-refractivity contribution < 1.29 is 0 Å². The number of H-pyrrole nitrogens is 1. The predicted octanol–water partition coefficient (Wildman–Crippen LogP) is 2.54. The summed E-state index contributed by atoms with van der Waals surface area (Å²) in [6, 6.07) is 8.44. The second-order valence-electron chi connectivity index (χ2n) is 6.65. The lowest BCUT2D eigenvalue weighted by molar-refractivity contribution is 0.648. The first kappa shape index (κ1) is 15.1. The Labute approximate surface area is 150 Å². The van der Waals surface area contributed by atoms with E-state index in [0.717, 1.165) is 59.6 Å². The first-order valence-corrected chi connectivity index (χ1v) is 8.78. The van der Waals surface area contributed by atoms with Crippen molar-refractivity contribution in [2.75, 3.05) is 36.0 Å². The average molecular weight is 345 g/mol. The van der Waals surface area contributed by atoms with Crippen molar-refractivity contribution in [3.63, 3.8) is 0 Å². The summed E-state index contributed by atoms with van der Waals surface area (Å²) in [5.41, 5.74) is 5.31. The highest BCUT2D eigenvalue weighted by atomic mass is 15.3. The van der Waals surface area contributed by atoms with Crippen LogP contribution in [0.2, 0.25) is 0 Å². The average Bonchev–Trinajstić information content (AvgIpc) is 3.08. The van der Waals surface area contributed by atoms with Gasteiger partial charge in [0, 0.05) is 49.1 Å². The molecule has 7 nitrogen and oxygen atoms in total. The molecule has 1 aliphatic heterocycles. The number of rotatable bonds is 2. The second kappa shape index (κ2) is 5.94. The minimum atomic E-state index is 0.924. The van der Waals surface area contributed by atoms with Crippen molar-refractivity contribution in [1.29, 1.82) is 0 Å². The summed E-state index contributed by atoms with van der Waals surface area (Å²) in [6.07, 6.45) is 5.11. The van der Waals surface area contributed by atoms with E-state index in [1.807, 2.05) is 13.1 Å². The van der Waals surface area contributed by atoms with Crippen LogP contribution in [0.1, 0.15) is 5.69 Å². The maximum atomic E-state index is 4.53. The van der Waals surface area contributed by atoms with Gasteiger partial charge in [0.2, 0.25) is 0 Å². The van der Waals surface area contributed by atoms with Crippen LogP contribution in [-0.2, 0) is 0 Å². The summed E-state index contributed by atoms with van der Waals surface area (Å²) in [7, 11) is 0. The second-order valence-corrected chi connectivity index (χ2v) is 6.65. The lowest BCUT2D eigenvalue weighted by Crippen LogP contribution is -2.47. The lowest BCUT2D eigenvalue weighted by Gasteiger charge is -2.36. The van der Waals surface area contributed by atoms with E-state index in [1.165, 1.54) is 5.69 Å². The molecule has 0 radical (unpaired) electrons. The first-order chi connectivity index (χ1) is 12.8. The summed E-state index contributed by atoms with van der Waals surface area (Å²) >= 11 is 0. The Morgan fingerprint density at radius 1 is 0.885 bits per heavy atom. The molecule has 7 heteroatoms. The van der Waals surface area contributed by atoms with Crippen molar-refractivity contribution >= 4 is 33.4 Å². The third-order valence-corrected chi connectivity index (χ3v) is 4.96. The molecule has 0 saturated carbocycles. The van der Waals surface area contributed by atoms with Gasteiger partial charge in [0.1, 0.15) is 18.2 Å². The number of nitrogens with one attached hydrogen (secondary N) is 1. The maximum Gasteiger partial charge on any atom is 0.156 e. The molecule has 0 unspecified atom stereocenters. The van der Waals surface area contributed by atoms with Gasteiger partial charge < -0.3 is 14.8 Å². The van der Waals surface area contributed by atoms with Crippen LogP contribution in [0.15, 0.2) is 43.1 Å². The van der Waals surface area contributed by atoms with Gasteiger partial charge in [-0.1, -0.05) is 0 Å². The molecule has 1 N–H and O–H groups in total. The van der Waals surface area contributed by atoms with Gasteiger partial charge in [0.05, 0.1) is 11.0 Å². The molecule has 26 heavy (non-hydrogen) atoms. The highest BCUT2D eigenvalue weighted by Crippen LogP contribution is 2.26. The number of fused-ring (bicyclic) bond motifs is 2. The van der Waals surface area contributed by atoms with Crippen LogP contribution in [0.3, 0.4) is 0 Å². The molecule has 1 fully saturated rings. The van der Waals surface area contributed by atoms with Gasteiger partial charge in [-0.3, -0.25) is 0 Å².